The van der Waals surface area contributed by atoms with Crippen molar-refractivity contribution in [2.75, 3.05) is 0 Å². The van der Waals surface area contributed by atoms with Gasteiger partial charge in [-0.25, -0.2) is 0 Å². The minimum Gasteiger partial charge on any atom is -0.393 e. The van der Waals surface area contributed by atoms with Crippen molar-refractivity contribution >= 4 is 0 Å². The van der Waals surface area contributed by atoms with Crippen molar-refractivity contribution in [1.29, 1.82) is 0 Å². The van der Waals surface area contributed by atoms with Gasteiger partial charge in [0.15, 0.2) is 0 Å². The zero-order valence-electron chi connectivity index (χ0n) is 31.5. The molecule has 4 saturated carbocycles. The molecule has 0 spiro atoms. The highest BCUT2D eigenvalue weighted by Crippen LogP contribution is 2.35. The van der Waals surface area contributed by atoms with Gasteiger partial charge in [0.2, 0.25) is 0 Å². The van der Waals surface area contributed by atoms with Crippen molar-refractivity contribution in [3.05, 3.63) is 0 Å². The fraction of sp³-hybridized carbons (Fsp3) is 1.00. The standard InChI is InChI=1S/4C10H20O/c4*1-7(2)9-5-4-8(3)6-10(9)11/h4*7-11H,4-6H2,1-3H3/t8-,9+,10+;8-,9+,10-;8-,9-,10+;8-,9-,10-/m1111/s1. The first kappa shape index (κ1) is 41.9. The van der Waals surface area contributed by atoms with Crippen LogP contribution in [0.3, 0.4) is 0 Å². The molecule has 0 radical (unpaired) electrons. The van der Waals surface area contributed by atoms with Crippen LogP contribution in [0.2, 0.25) is 0 Å². The third-order valence-corrected chi connectivity index (χ3v) is 11.9. The lowest BCUT2D eigenvalue weighted by atomic mass is 9.75. The molecule has 0 bridgehead atoms. The van der Waals surface area contributed by atoms with Crippen LogP contribution in [0.4, 0.5) is 0 Å². The summed E-state index contributed by atoms with van der Waals surface area (Å²) in [6, 6.07) is 0. The second kappa shape index (κ2) is 20.9. The molecule has 0 amide bonds. The zero-order valence-corrected chi connectivity index (χ0v) is 31.5. The molecule has 4 nitrogen and oxygen atoms in total. The van der Waals surface area contributed by atoms with Crippen LogP contribution in [0.1, 0.15) is 160 Å². The smallest absolute Gasteiger partial charge is 0.0573 e. The Morgan fingerprint density at radius 1 is 0.318 bits per heavy atom. The Morgan fingerprint density at radius 3 is 0.591 bits per heavy atom. The van der Waals surface area contributed by atoms with E-state index in [9.17, 15) is 20.4 Å². The molecule has 0 aromatic rings. The Morgan fingerprint density at radius 2 is 0.477 bits per heavy atom. The van der Waals surface area contributed by atoms with E-state index in [2.05, 4.69) is 83.1 Å². The van der Waals surface area contributed by atoms with Crippen molar-refractivity contribution in [2.45, 2.75) is 185 Å². The molecule has 264 valence electrons. The molecule has 4 aliphatic rings. The van der Waals surface area contributed by atoms with E-state index in [0.717, 1.165) is 49.4 Å². The minimum atomic E-state index is -0.0289. The third-order valence-electron chi connectivity index (χ3n) is 11.9. The highest BCUT2D eigenvalue weighted by molar-refractivity contribution is 4.82. The van der Waals surface area contributed by atoms with Gasteiger partial charge in [-0.15, -0.1) is 0 Å². The second-order valence-corrected chi connectivity index (χ2v) is 17.6. The maximum Gasteiger partial charge on any atom is 0.0573 e. The van der Waals surface area contributed by atoms with Gasteiger partial charge >= 0.3 is 0 Å². The van der Waals surface area contributed by atoms with Gasteiger partial charge in [0.05, 0.1) is 24.4 Å². The summed E-state index contributed by atoms with van der Waals surface area (Å²) >= 11 is 0. The summed E-state index contributed by atoms with van der Waals surface area (Å²) < 4.78 is 0. The first-order chi connectivity index (χ1) is 20.4. The average molecular weight is 625 g/mol. The molecule has 0 aromatic heterocycles. The van der Waals surface area contributed by atoms with Gasteiger partial charge in [-0.1, -0.05) is 109 Å². The molecule has 12 atom stereocenters. The Balaban J connectivity index is 0.000000293. The number of hydrogen-bond acceptors (Lipinski definition) is 4. The van der Waals surface area contributed by atoms with E-state index in [1.54, 1.807) is 0 Å². The van der Waals surface area contributed by atoms with E-state index in [0.29, 0.717) is 47.3 Å². The summed E-state index contributed by atoms with van der Waals surface area (Å²) in [5.74, 6) is 7.79. The van der Waals surface area contributed by atoms with Gasteiger partial charge < -0.3 is 20.4 Å². The molecule has 4 heteroatoms. The van der Waals surface area contributed by atoms with Crippen molar-refractivity contribution in [2.24, 2.45) is 71.0 Å². The van der Waals surface area contributed by atoms with Gasteiger partial charge in [-0.05, 0) is 122 Å². The lowest BCUT2D eigenvalue weighted by Gasteiger charge is -2.33. The molecule has 0 saturated heterocycles. The number of rotatable bonds is 4. The van der Waals surface area contributed by atoms with Crippen LogP contribution in [0.25, 0.3) is 0 Å². The van der Waals surface area contributed by atoms with Gasteiger partial charge in [-0.2, -0.15) is 0 Å². The maximum absolute atomic E-state index is 9.71. The predicted molar refractivity (Wildman–Crippen MR) is 189 cm³/mol. The van der Waals surface area contributed by atoms with E-state index in [4.69, 9.17) is 0 Å². The van der Waals surface area contributed by atoms with Crippen LogP contribution < -0.4 is 0 Å². The molecule has 4 N–H and O–H groups in total. The Kier molecular flexibility index (Phi) is 19.9. The number of aliphatic hydroxyl groups excluding tert-OH is 4. The van der Waals surface area contributed by atoms with Crippen LogP contribution in [0, 0.1) is 71.0 Å². The number of hydrogen-bond donors (Lipinski definition) is 4. The second-order valence-electron chi connectivity index (χ2n) is 17.6. The van der Waals surface area contributed by atoms with Gasteiger partial charge in [-0.3, -0.25) is 0 Å². The molecule has 4 rings (SSSR count). The summed E-state index contributed by atoms with van der Waals surface area (Å²) in [5, 5.41) is 38.8. The van der Waals surface area contributed by atoms with Gasteiger partial charge in [0, 0.05) is 0 Å². The Labute approximate surface area is 275 Å². The molecule has 0 heterocycles. The van der Waals surface area contributed by atoms with E-state index in [-0.39, 0.29) is 24.4 Å². The van der Waals surface area contributed by atoms with Gasteiger partial charge in [0.1, 0.15) is 0 Å². The highest BCUT2D eigenvalue weighted by atomic mass is 16.3. The van der Waals surface area contributed by atoms with E-state index in [1.165, 1.54) is 51.4 Å². The maximum atomic E-state index is 9.71. The van der Waals surface area contributed by atoms with E-state index in [1.807, 2.05) is 0 Å². The molecule has 4 fully saturated rings. The molecule has 0 aromatic carbocycles. The normalized spacial score (nSPS) is 39.5. The van der Waals surface area contributed by atoms with Crippen molar-refractivity contribution in [1.82, 2.24) is 0 Å². The molecular formula is C40H80O4. The third kappa shape index (κ3) is 15.2. The SMILES string of the molecule is CC(C)[C@@H]1CC[C@@H](C)C[C@@H]1O.CC(C)[C@@H]1CC[C@@H](C)C[C@H]1O.CC(C)[C@H]1CC[C@@H](C)C[C@@H]1O.CC(C)[C@H]1CC[C@@H](C)C[C@H]1O. The molecule has 44 heavy (non-hydrogen) atoms. The lowest BCUT2D eigenvalue weighted by Crippen LogP contribution is -2.31. The van der Waals surface area contributed by atoms with E-state index < -0.39 is 0 Å². The first-order valence-corrected chi connectivity index (χ1v) is 19.2. The van der Waals surface area contributed by atoms with Crippen LogP contribution in [-0.2, 0) is 0 Å². The van der Waals surface area contributed by atoms with Crippen LogP contribution in [0.5, 0.6) is 0 Å². The average Bonchev–Trinajstić information content (AvgIpc) is 2.89. The monoisotopic (exact) mass is 625 g/mol. The molecule has 0 unspecified atom stereocenters. The van der Waals surface area contributed by atoms with Crippen LogP contribution in [-0.4, -0.2) is 44.8 Å². The quantitative estimate of drug-likeness (QED) is 0.251. The Hall–Kier alpha value is -0.160. The number of aliphatic hydroxyl groups is 4. The topological polar surface area (TPSA) is 80.9 Å². The molecule has 0 aliphatic heterocycles. The lowest BCUT2D eigenvalue weighted by molar-refractivity contribution is 0.0263. The summed E-state index contributed by atoms with van der Waals surface area (Å²) in [6.45, 7) is 26.6. The van der Waals surface area contributed by atoms with Crippen molar-refractivity contribution in [3.63, 3.8) is 0 Å². The van der Waals surface area contributed by atoms with Crippen LogP contribution in [0.15, 0.2) is 0 Å². The minimum absolute atomic E-state index is 0.0289. The summed E-state index contributed by atoms with van der Waals surface area (Å²) in [4.78, 5) is 0. The summed E-state index contributed by atoms with van der Waals surface area (Å²) in [5.41, 5.74) is 0. The summed E-state index contributed by atoms with van der Waals surface area (Å²) in [6.07, 6.45) is 14.1. The molecule has 4 aliphatic carbocycles. The molecular weight excluding hydrogens is 544 g/mol. The van der Waals surface area contributed by atoms with Crippen molar-refractivity contribution < 1.29 is 20.4 Å². The Bertz CT molecular complexity index is 600. The predicted octanol–water partition coefficient (Wildman–Crippen LogP) is 9.76. The highest BCUT2D eigenvalue weighted by Gasteiger charge is 2.31. The summed E-state index contributed by atoms with van der Waals surface area (Å²) in [7, 11) is 0. The fourth-order valence-electron chi connectivity index (χ4n) is 8.61. The first-order valence-electron chi connectivity index (χ1n) is 19.2. The van der Waals surface area contributed by atoms with Crippen LogP contribution >= 0.6 is 0 Å². The fourth-order valence-corrected chi connectivity index (χ4v) is 8.61. The van der Waals surface area contributed by atoms with Crippen molar-refractivity contribution in [3.8, 4) is 0 Å². The largest absolute Gasteiger partial charge is 0.393 e. The van der Waals surface area contributed by atoms with E-state index >= 15 is 0 Å². The van der Waals surface area contributed by atoms with Gasteiger partial charge in [0.25, 0.3) is 0 Å². The zero-order chi connectivity index (χ0) is 33.7.